The van der Waals surface area contributed by atoms with Crippen molar-refractivity contribution in [2.24, 2.45) is 0 Å². The summed E-state index contributed by atoms with van der Waals surface area (Å²) in [4.78, 5) is 18.9. The Morgan fingerprint density at radius 1 is 1.20 bits per heavy atom. The number of anilines is 1. The highest BCUT2D eigenvalue weighted by Gasteiger charge is 2.05. The van der Waals surface area contributed by atoms with Gasteiger partial charge >= 0.3 is 0 Å². The minimum atomic E-state index is -0.0756. The highest BCUT2D eigenvalue weighted by atomic mass is 16.1. The van der Waals surface area contributed by atoms with Crippen molar-refractivity contribution >= 4 is 22.6 Å². The summed E-state index contributed by atoms with van der Waals surface area (Å²) in [5, 5.41) is 2.77. The third kappa shape index (κ3) is 2.69. The standard InChI is InChI=1S/C16H15N3O/c1-11(20)17-13-7-8-14-15(10-13)19-16(18-14)9-12-5-3-2-4-6-12/h2-8,10H,9H2,1H3,(H,17,20)(H,18,19). The quantitative estimate of drug-likeness (QED) is 0.764. The third-order valence-corrected chi connectivity index (χ3v) is 3.07. The summed E-state index contributed by atoms with van der Waals surface area (Å²) in [6.45, 7) is 1.50. The van der Waals surface area contributed by atoms with Crippen molar-refractivity contribution in [3.05, 3.63) is 59.9 Å². The first kappa shape index (κ1) is 12.4. The zero-order valence-corrected chi connectivity index (χ0v) is 11.2. The number of nitrogens with zero attached hydrogens (tertiary/aromatic N) is 1. The lowest BCUT2D eigenvalue weighted by molar-refractivity contribution is -0.114. The number of aromatic nitrogens is 2. The second-order valence-electron chi connectivity index (χ2n) is 4.76. The number of rotatable bonds is 3. The maximum atomic E-state index is 11.1. The maximum absolute atomic E-state index is 11.1. The van der Waals surface area contributed by atoms with Crippen LogP contribution in [0.3, 0.4) is 0 Å². The van der Waals surface area contributed by atoms with Gasteiger partial charge in [0.25, 0.3) is 0 Å². The average Bonchev–Trinajstić information content (AvgIpc) is 2.80. The number of imidazole rings is 1. The topological polar surface area (TPSA) is 57.8 Å². The molecular formula is C16H15N3O. The Hall–Kier alpha value is -2.62. The van der Waals surface area contributed by atoms with E-state index < -0.39 is 0 Å². The van der Waals surface area contributed by atoms with Crippen LogP contribution >= 0.6 is 0 Å². The smallest absolute Gasteiger partial charge is 0.221 e. The maximum Gasteiger partial charge on any atom is 0.221 e. The molecule has 0 atom stereocenters. The van der Waals surface area contributed by atoms with Crippen LogP contribution in [0.4, 0.5) is 5.69 Å². The van der Waals surface area contributed by atoms with Crippen LogP contribution in [-0.4, -0.2) is 15.9 Å². The molecule has 0 saturated carbocycles. The number of benzene rings is 2. The Morgan fingerprint density at radius 3 is 2.75 bits per heavy atom. The van der Waals surface area contributed by atoms with E-state index >= 15 is 0 Å². The van der Waals surface area contributed by atoms with Crippen LogP contribution in [0.15, 0.2) is 48.5 Å². The van der Waals surface area contributed by atoms with Crippen LogP contribution in [0.5, 0.6) is 0 Å². The van der Waals surface area contributed by atoms with Gasteiger partial charge in [0.15, 0.2) is 0 Å². The molecule has 1 heterocycles. The van der Waals surface area contributed by atoms with E-state index in [2.05, 4.69) is 27.4 Å². The van der Waals surface area contributed by atoms with Gasteiger partial charge in [-0.05, 0) is 23.8 Å². The van der Waals surface area contributed by atoms with Crippen molar-refractivity contribution in [2.75, 3.05) is 5.32 Å². The molecule has 0 aliphatic carbocycles. The van der Waals surface area contributed by atoms with Crippen LogP contribution in [-0.2, 0) is 11.2 Å². The molecule has 20 heavy (non-hydrogen) atoms. The molecule has 1 amide bonds. The van der Waals surface area contributed by atoms with Gasteiger partial charge < -0.3 is 10.3 Å². The normalized spacial score (nSPS) is 10.7. The van der Waals surface area contributed by atoms with Gasteiger partial charge in [0, 0.05) is 19.0 Å². The number of fused-ring (bicyclic) bond motifs is 1. The van der Waals surface area contributed by atoms with Crippen LogP contribution in [0.1, 0.15) is 18.3 Å². The summed E-state index contributed by atoms with van der Waals surface area (Å²) in [5.41, 5.74) is 3.83. The molecule has 4 heteroatoms. The first-order valence-corrected chi connectivity index (χ1v) is 6.51. The molecule has 0 aliphatic heterocycles. The first-order valence-electron chi connectivity index (χ1n) is 6.51. The number of nitrogens with one attached hydrogen (secondary N) is 2. The summed E-state index contributed by atoms with van der Waals surface area (Å²) >= 11 is 0. The zero-order valence-electron chi connectivity index (χ0n) is 11.2. The Labute approximate surface area is 116 Å². The summed E-state index contributed by atoms with van der Waals surface area (Å²) in [5.74, 6) is 0.847. The molecule has 0 aliphatic rings. The fraction of sp³-hybridized carbons (Fsp3) is 0.125. The lowest BCUT2D eigenvalue weighted by atomic mass is 10.1. The Morgan fingerprint density at radius 2 is 2.00 bits per heavy atom. The summed E-state index contributed by atoms with van der Waals surface area (Å²) in [6, 6.07) is 15.9. The summed E-state index contributed by atoms with van der Waals surface area (Å²) in [7, 11) is 0. The van der Waals surface area contributed by atoms with Gasteiger partial charge in [0.05, 0.1) is 11.0 Å². The number of aromatic amines is 1. The second-order valence-corrected chi connectivity index (χ2v) is 4.76. The van der Waals surface area contributed by atoms with Crippen molar-refractivity contribution in [1.29, 1.82) is 0 Å². The highest BCUT2D eigenvalue weighted by molar-refractivity contribution is 5.91. The second kappa shape index (κ2) is 5.17. The molecule has 1 aromatic heterocycles. The van der Waals surface area contributed by atoms with Gasteiger partial charge in [0.2, 0.25) is 5.91 Å². The number of hydrogen-bond donors (Lipinski definition) is 2. The average molecular weight is 265 g/mol. The number of carbonyl (C=O) groups is 1. The summed E-state index contributed by atoms with van der Waals surface area (Å²) in [6.07, 6.45) is 0.769. The van der Waals surface area contributed by atoms with E-state index in [1.54, 1.807) is 0 Å². The third-order valence-electron chi connectivity index (χ3n) is 3.07. The molecule has 0 saturated heterocycles. The van der Waals surface area contributed by atoms with E-state index in [9.17, 15) is 4.79 Å². The lowest BCUT2D eigenvalue weighted by Crippen LogP contribution is -2.05. The molecule has 0 spiro atoms. The van der Waals surface area contributed by atoms with E-state index in [0.29, 0.717) is 0 Å². The molecule has 2 N–H and O–H groups in total. The molecule has 0 unspecified atom stereocenters. The number of carbonyl (C=O) groups excluding carboxylic acids is 1. The molecule has 3 rings (SSSR count). The van der Waals surface area contributed by atoms with E-state index in [4.69, 9.17) is 0 Å². The van der Waals surface area contributed by atoms with E-state index in [-0.39, 0.29) is 5.91 Å². The monoisotopic (exact) mass is 265 g/mol. The minimum absolute atomic E-state index is 0.0756. The van der Waals surface area contributed by atoms with E-state index in [1.807, 2.05) is 36.4 Å². The Kier molecular flexibility index (Phi) is 3.21. The highest BCUT2D eigenvalue weighted by Crippen LogP contribution is 2.18. The van der Waals surface area contributed by atoms with Crippen LogP contribution in [0, 0.1) is 0 Å². The lowest BCUT2D eigenvalue weighted by Gasteiger charge is -2.00. The SMILES string of the molecule is CC(=O)Nc1ccc2nc(Cc3ccccc3)[nH]c2c1. The van der Waals surface area contributed by atoms with Gasteiger partial charge in [-0.15, -0.1) is 0 Å². The number of hydrogen-bond acceptors (Lipinski definition) is 2. The first-order chi connectivity index (χ1) is 9.70. The number of amides is 1. The summed E-state index contributed by atoms with van der Waals surface area (Å²) < 4.78 is 0. The van der Waals surface area contributed by atoms with Gasteiger partial charge in [-0.25, -0.2) is 4.98 Å². The molecule has 2 aromatic carbocycles. The van der Waals surface area contributed by atoms with Crippen molar-refractivity contribution in [1.82, 2.24) is 9.97 Å². The predicted octanol–water partition coefficient (Wildman–Crippen LogP) is 3.11. The molecule has 0 bridgehead atoms. The molecule has 0 fully saturated rings. The van der Waals surface area contributed by atoms with E-state index in [0.717, 1.165) is 29.0 Å². The van der Waals surface area contributed by atoms with Crippen molar-refractivity contribution < 1.29 is 4.79 Å². The van der Waals surface area contributed by atoms with Crippen LogP contribution < -0.4 is 5.32 Å². The molecular weight excluding hydrogens is 250 g/mol. The van der Waals surface area contributed by atoms with Crippen LogP contribution in [0.2, 0.25) is 0 Å². The molecule has 0 radical (unpaired) electrons. The largest absolute Gasteiger partial charge is 0.342 e. The predicted molar refractivity (Wildman–Crippen MR) is 79.6 cm³/mol. The molecule has 4 nitrogen and oxygen atoms in total. The number of H-pyrrole nitrogens is 1. The van der Waals surface area contributed by atoms with Crippen molar-refractivity contribution in [2.45, 2.75) is 13.3 Å². The van der Waals surface area contributed by atoms with Gasteiger partial charge in [-0.3, -0.25) is 4.79 Å². The molecule has 100 valence electrons. The van der Waals surface area contributed by atoms with Gasteiger partial charge in [0.1, 0.15) is 5.82 Å². The fourth-order valence-corrected chi connectivity index (χ4v) is 2.22. The van der Waals surface area contributed by atoms with Crippen molar-refractivity contribution in [3.8, 4) is 0 Å². The van der Waals surface area contributed by atoms with Crippen molar-refractivity contribution in [3.63, 3.8) is 0 Å². The molecule has 3 aromatic rings. The fourth-order valence-electron chi connectivity index (χ4n) is 2.22. The van der Waals surface area contributed by atoms with E-state index in [1.165, 1.54) is 12.5 Å². The zero-order chi connectivity index (χ0) is 13.9. The van der Waals surface area contributed by atoms with Crippen LogP contribution in [0.25, 0.3) is 11.0 Å². The van der Waals surface area contributed by atoms with Gasteiger partial charge in [-0.2, -0.15) is 0 Å². The Balaban J connectivity index is 1.88. The Bertz CT molecular complexity index is 747. The van der Waals surface area contributed by atoms with Gasteiger partial charge in [-0.1, -0.05) is 30.3 Å². The minimum Gasteiger partial charge on any atom is -0.342 e.